The normalized spacial score (nSPS) is 17.7. The van der Waals surface area contributed by atoms with Crippen LogP contribution >= 0.6 is 0 Å². The van der Waals surface area contributed by atoms with Crippen LogP contribution in [-0.4, -0.2) is 48.9 Å². The van der Waals surface area contributed by atoms with Crippen LogP contribution in [0, 0.1) is 0 Å². The largest absolute Gasteiger partial charge is 0.376 e. The summed E-state index contributed by atoms with van der Waals surface area (Å²) < 4.78 is 5.51. The number of para-hydroxylation sites is 1. The molecule has 1 atom stereocenters. The molecule has 1 amide bonds. The minimum absolute atomic E-state index is 0.0857. The maximum absolute atomic E-state index is 12.7. The molecule has 0 unspecified atom stereocenters. The fourth-order valence-corrected chi connectivity index (χ4v) is 3.10. The zero-order valence-corrected chi connectivity index (χ0v) is 15.0. The lowest BCUT2D eigenvalue weighted by Gasteiger charge is -2.30. The maximum Gasteiger partial charge on any atom is 0.225 e. The molecule has 26 heavy (non-hydrogen) atoms. The highest BCUT2D eigenvalue weighted by atomic mass is 16.5. The van der Waals surface area contributed by atoms with Crippen molar-refractivity contribution >= 4 is 17.4 Å². The van der Waals surface area contributed by atoms with Crippen LogP contribution in [-0.2, 0) is 9.53 Å². The number of carbonyl (C=O) groups is 2. The van der Waals surface area contributed by atoms with Gasteiger partial charge in [0.1, 0.15) is 0 Å². The number of rotatable bonds is 6. The van der Waals surface area contributed by atoms with E-state index in [0.29, 0.717) is 36.4 Å². The molecule has 0 aromatic heterocycles. The molecule has 1 fully saturated rings. The van der Waals surface area contributed by atoms with Crippen molar-refractivity contribution in [3.63, 3.8) is 0 Å². The third kappa shape index (κ3) is 4.77. The first-order valence-electron chi connectivity index (χ1n) is 8.96. The van der Waals surface area contributed by atoms with E-state index in [0.717, 1.165) is 13.1 Å². The van der Waals surface area contributed by atoms with Gasteiger partial charge in [-0.2, -0.15) is 0 Å². The Morgan fingerprint density at radius 1 is 1.12 bits per heavy atom. The van der Waals surface area contributed by atoms with Crippen LogP contribution in [0.3, 0.4) is 0 Å². The van der Waals surface area contributed by atoms with Crippen LogP contribution < -0.4 is 5.32 Å². The van der Waals surface area contributed by atoms with Crippen LogP contribution in [0.1, 0.15) is 29.3 Å². The minimum Gasteiger partial charge on any atom is -0.376 e. The number of ketones is 1. The van der Waals surface area contributed by atoms with Crippen molar-refractivity contribution in [2.75, 3.05) is 31.6 Å². The van der Waals surface area contributed by atoms with Crippen molar-refractivity contribution < 1.29 is 14.3 Å². The Kier molecular flexibility index (Phi) is 6.15. The standard InChI is InChI=1S/C21H24N2O3/c1-16-15-23(13-14-26-16)12-11-20(24)22-19-10-6-5-9-18(19)21(25)17-7-3-2-4-8-17/h2-10,16H,11-15H2,1H3,(H,22,24)/t16-/m0/s1. The third-order valence-corrected chi connectivity index (χ3v) is 4.46. The van der Waals surface area contributed by atoms with E-state index in [1.165, 1.54) is 0 Å². The number of ether oxygens (including phenoxy) is 1. The summed E-state index contributed by atoms with van der Waals surface area (Å²) in [7, 11) is 0. The second-order valence-corrected chi connectivity index (χ2v) is 6.52. The molecule has 0 radical (unpaired) electrons. The van der Waals surface area contributed by atoms with E-state index >= 15 is 0 Å². The topological polar surface area (TPSA) is 58.6 Å². The summed E-state index contributed by atoms with van der Waals surface area (Å²) in [6.45, 7) is 5.13. The third-order valence-electron chi connectivity index (χ3n) is 4.46. The molecule has 2 aromatic carbocycles. The monoisotopic (exact) mass is 352 g/mol. The molecule has 0 aliphatic carbocycles. The van der Waals surface area contributed by atoms with Crippen molar-refractivity contribution in [2.24, 2.45) is 0 Å². The number of benzene rings is 2. The number of nitrogens with one attached hydrogen (secondary N) is 1. The second kappa shape index (κ2) is 8.74. The molecule has 1 saturated heterocycles. The molecular formula is C21H24N2O3. The highest BCUT2D eigenvalue weighted by Gasteiger charge is 2.18. The summed E-state index contributed by atoms with van der Waals surface area (Å²) in [5, 5.41) is 2.89. The molecule has 1 aliphatic rings. The Bertz CT molecular complexity index is 761. The smallest absolute Gasteiger partial charge is 0.225 e. The lowest BCUT2D eigenvalue weighted by atomic mass is 10.0. The summed E-state index contributed by atoms with van der Waals surface area (Å²) in [4.78, 5) is 27.3. The number of amides is 1. The van der Waals surface area contributed by atoms with Crippen molar-refractivity contribution in [3.8, 4) is 0 Å². The summed E-state index contributed by atoms with van der Waals surface area (Å²) in [6, 6.07) is 16.2. The van der Waals surface area contributed by atoms with E-state index in [9.17, 15) is 9.59 Å². The Morgan fingerprint density at radius 2 is 1.85 bits per heavy atom. The van der Waals surface area contributed by atoms with Crippen LogP contribution in [0.4, 0.5) is 5.69 Å². The van der Waals surface area contributed by atoms with Crippen molar-refractivity contribution in [3.05, 3.63) is 65.7 Å². The number of hydrogen-bond donors (Lipinski definition) is 1. The van der Waals surface area contributed by atoms with E-state index in [1.54, 1.807) is 30.3 Å². The van der Waals surface area contributed by atoms with Gasteiger partial charge in [0.2, 0.25) is 5.91 Å². The van der Waals surface area contributed by atoms with Gasteiger partial charge in [0, 0.05) is 37.2 Å². The predicted octanol–water partition coefficient (Wildman–Crippen LogP) is 2.97. The van der Waals surface area contributed by atoms with Gasteiger partial charge in [-0.15, -0.1) is 0 Å². The van der Waals surface area contributed by atoms with Crippen molar-refractivity contribution in [1.29, 1.82) is 0 Å². The van der Waals surface area contributed by atoms with Gasteiger partial charge in [0.25, 0.3) is 0 Å². The summed E-state index contributed by atoms with van der Waals surface area (Å²) in [5.41, 5.74) is 1.67. The first-order valence-corrected chi connectivity index (χ1v) is 8.96. The van der Waals surface area contributed by atoms with Crippen LogP contribution in [0.5, 0.6) is 0 Å². The van der Waals surface area contributed by atoms with Crippen LogP contribution in [0.2, 0.25) is 0 Å². The Hall–Kier alpha value is -2.50. The van der Waals surface area contributed by atoms with Gasteiger partial charge in [-0.1, -0.05) is 42.5 Å². The van der Waals surface area contributed by atoms with Gasteiger partial charge in [0.15, 0.2) is 5.78 Å². The molecule has 1 N–H and O–H groups in total. The Morgan fingerprint density at radius 3 is 2.62 bits per heavy atom. The maximum atomic E-state index is 12.7. The average Bonchev–Trinajstić information content (AvgIpc) is 2.67. The van der Waals surface area contributed by atoms with E-state index < -0.39 is 0 Å². The highest BCUT2D eigenvalue weighted by molar-refractivity contribution is 6.13. The van der Waals surface area contributed by atoms with Crippen LogP contribution in [0.25, 0.3) is 0 Å². The highest BCUT2D eigenvalue weighted by Crippen LogP contribution is 2.19. The summed E-state index contributed by atoms with van der Waals surface area (Å²) >= 11 is 0. The molecular weight excluding hydrogens is 328 g/mol. The SMILES string of the molecule is C[C@H]1CN(CCC(=O)Nc2ccccc2C(=O)c2ccccc2)CCO1. The minimum atomic E-state index is -0.0940. The molecule has 3 rings (SSSR count). The van der Waals surface area contributed by atoms with Gasteiger partial charge < -0.3 is 10.1 Å². The van der Waals surface area contributed by atoms with Gasteiger partial charge >= 0.3 is 0 Å². The number of morpholine rings is 1. The lowest BCUT2D eigenvalue weighted by Crippen LogP contribution is -2.42. The Labute approximate surface area is 154 Å². The second-order valence-electron chi connectivity index (χ2n) is 6.52. The van der Waals surface area contributed by atoms with Gasteiger partial charge in [0.05, 0.1) is 18.4 Å². The summed E-state index contributed by atoms with van der Waals surface area (Å²) in [5.74, 6) is -0.180. The zero-order chi connectivity index (χ0) is 18.4. The first kappa shape index (κ1) is 18.3. The van der Waals surface area contributed by atoms with Crippen molar-refractivity contribution in [2.45, 2.75) is 19.4 Å². The molecule has 1 heterocycles. The average molecular weight is 352 g/mol. The van der Waals surface area contributed by atoms with Gasteiger partial charge in [-0.3, -0.25) is 14.5 Å². The Balaban J connectivity index is 1.63. The predicted molar refractivity (Wildman–Crippen MR) is 101 cm³/mol. The number of nitrogens with zero attached hydrogens (tertiary/aromatic N) is 1. The number of anilines is 1. The van der Waals surface area contributed by atoms with E-state index in [4.69, 9.17) is 4.74 Å². The van der Waals surface area contributed by atoms with E-state index in [2.05, 4.69) is 10.2 Å². The van der Waals surface area contributed by atoms with E-state index in [-0.39, 0.29) is 17.8 Å². The molecule has 0 spiro atoms. The number of hydrogen-bond acceptors (Lipinski definition) is 4. The van der Waals surface area contributed by atoms with Crippen LogP contribution in [0.15, 0.2) is 54.6 Å². The zero-order valence-electron chi connectivity index (χ0n) is 15.0. The first-order chi connectivity index (χ1) is 12.6. The molecule has 5 nitrogen and oxygen atoms in total. The molecule has 2 aromatic rings. The fourth-order valence-electron chi connectivity index (χ4n) is 3.10. The van der Waals surface area contributed by atoms with Crippen molar-refractivity contribution in [1.82, 2.24) is 4.90 Å². The molecule has 1 aliphatic heterocycles. The fraction of sp³-hybridized carbons (Fsp3) is 0.333. The molecule has 5 heteroatoms. The molecule has 0 saturated carbocycles. The van der Waals surface area contributed by atoms with Gasteiger partial charge in [-0.05, 0) is 19.1 Å². The quantitative estimate of drug-likeness (QED) is 0.812. The lowest BCUT2D eigenvalue weighted by molar-refractivity contribution is -0.117. The molecule has 0 bridgehead atoms. The van der Waals surface area contributed by atoms with Gasteiger partial charge in [-0.25, -0.2) is 0 Å². The number of carbonyl (C=O) groups excluding carboxylic acids is 2. The molecule has 136 valence electrons. The summed E-state index contributed by atoms with van der Waals surface area (Å²) in [6.07, 6.45) is 0.594. The van der Waals surface area contributed by atoms with E-state index in [1.807, 2.05) is 31.2 Å².